The zero-order valence-corrected chi connectivity index (χ0v) is 10.9. The van der Waals surface area contributed by atoms with Gasteiger partial charge in [-0.3, -0.25) is 9.69 Å². The molecule has 1 aromatic carbocycles. The maximum Gasteiger partial charge on any atom is 0.258 e. The molecule has 0 bridgehead atoms. The van der Waals surface area contributed by atoms with Crippen LogP contribution < -0.4 is 5.56 Å². The van der Waals surface area contributed by atoms with Crippen LogP contribution in [0.3, 0.4) is 0 Å². The summed E-state index contributed by atoms with van der Waals surface area (Å²) in [6, 6.07) is 5.63. The first-order chi connectivity index (χ1) is 9.17. The van der Waals surface area contributed by atoms with Crippen LogP contribution in [0.5, 0.6) is 0 Å². The molecule has 0 spiro atoms. The molecule has 0 radical (unpaired) electrons. The van der Waals surface area contributed by atoms with E-state index >= 15 is 0 Å². The average Bonchev–Trinajstić information content (AvgIpc) is 2.34. The second-order valence-electron chi connectivity index (χ2n) is 5.23. The number of hydrogen-bond donors (Lipinski definition) is 2. The van der Waals surface area contributed by atoms with E-state index < -0.39 is 0 Å². The summed E-state index contributed by atoms with van der Waals surface area (Å²) in [6.45, 7) is 4.56. The van der Waals surface area contributed by atoms with E-state index in [0.29, 0.717) is 23.7 Å². The van der Waals surface area contributed by atoms with Gasteiger partial charge in [0, 0.05) is 25.6 Å². The van der Waals surface area contributed by atoms with Crippen molar-refractivity contribution in [2.75, 3.05) is 19.7 Å². The highest BCUT2D eigenvalue weighted by Crippen LogP contribution is 2.17. The molecule has 0 saturated carbocycles. The van der Waals surface area contributed by atoms with Crippen LogP contribution in [0.4, 0.5) is 0 Å². The first-order valence-corrected chi connectivity index (χ1v) is 6.49. The minimum atomic E-state index is -0.0806. The lowest BCUT2D eigenvalue weighted by atomic mass is 10.0. The molecule has 1 fully saturated rings. The Morgan fingerprint density at radius 2 is 2.26 bits per heavy atom. The molecule has 2 N–H and O–H groups in total. The largest absolute Gasteiger partial charge is 0.396 e. The number of benzene rings is 1. The summed E-state index contributed by atoms with van der Waals surface area (Å²) in [6.07, 6.45) is 0. The zero-order valence-electron chi connectivity index (χ0n) is 10.9. The number of aromatic amines is 1. The third kappa shape index (κ3) is 2.27. The van der Waals surface area contributed by atoms with Crippen molar-refractivity contribution in [3.63, 3.8) is 0 Å². The second kappa shape index (κ2) is 4.75. The summed E-state index contributed by atoms with van der Waals surface area (Å²) < 4.78 is 0. The number of aliphatic hydroxyl groups excluding tert-OH is 1. The molecule has 3 rings (SSSR count). The number of hydrogen-bond acceptors (Lipinski definition) is 4. The van der Waals surface area contributed by atoms with Crippen molar-refractivity contribution in [3.05, 3.63) is 39.9 Å². The summed E-state index contributed by atoms with van der Waals surface area (Å²) in [5.74, 6) is 1.07. The maximum absolute atomic E-state index is 12.0. The van der Waals surface area contributed by atoms with E-state index in [1.165, 1.54) is 0 Å². The van der Waals surface area contributed by atoms with Crippen molar-refractivity contribution in [2.45, 2.75) is 13.5 Å². The van der Waals surface area contributed by atoms with Gasteiger partial charge in [0.05, 0.1) is 17.4 Å². The fourth-order valence-corrected chi connectivity index (χ4v) is 2.56. The van der Waals surface area contributed by atoms with Gasteiger partial charge in [-0.25, -0.2) is 4.98 Å². The van der Waals surface area contributed by atoms with Crippen molar-refractivity contribution < 1.29 is 5.11 Å². The first kappa shape index (κ1) is 12.3. The Balaban J connectivity index is 1.89. The topological polar surface area (TPSA) is 69.2 Å². The lowest BCUT2D eigenvalue weighted by Crippen LogP contribution is -2.47. The van der Waals surface area contributed by atoms with Crippen LogP contribution >= 0.6 is 0 Å². The first-order valence-electron chi connectivity index (χ1n) is 6.49. The molecule has 1 aliphatic heterocycles. The molecule has 5 heteroatoms. The third-order valence-corrected chi connectivity index (χ3v) is 3.65. The number of likely N-dealkylation sites (tertiary alicyclic amines) is 1. The van der Waals surface area contributed by atoms with E-state index in [0.717, 1.165) is 24.2 Å². The fraction of sp³-hybridized carbons (Fsp3) is 0.429. The average molecular weight is 259 g/mol. The second-order valence-corrected chi connectivity index (χ2v) is 5.23. The van der Waals surface area contributed by atoms with Crippen LogP contribution in [0.15, 0.2) is 23.0 Å². The van der Waals surface area contributed by atoms with Crippen molar-refractivity contribution in [1.29, 1.82) is 0 Å². The van der Waals surface area contributed by atoms with Crippen molar-refractivity contribution in [1.82, 2.24) is 14.9 Å². The molecule has 0 aliphatic carbocycles. The Morgan fingerprint density at radius 1 is 1.47 bits per heavy atom. The lowest BCUT2D eigenvalue weighted by Gasteiger charge is -2.37. The highest BCUT2D eigenvalue weighted by atomic mass is 16.3. The van der Waals surface area contributed by atoms with Gasteiger partial charge >= 0.3 is 0 Å². The monoisotopic (exact) mass is 259 g/mol. The summed E-state index contributed by atoms with van der Waals surface area (Å²) in [5, 5.41) is 9.63. The molecule has 0 unspecified atom stereocenters. The molecule has 2 heterocycles. The number of H-pyrrole nitrogens is 1. The molecule has 1 aromatic heterocycles. The molecule has 0 atom stereocenters. The molecule has 19 heavy (non-hydrogen) atoms. The number of rotatable bonds is 3. The number of nitrogens with zero attached hydrogens (tertiary/aromatic N) is 2. The number of aryl methyl sites for hydroxylation is 1. The highest BCUT2D eigenvalue weighted by molar-refractivity contribution is 5.80. The van der Waals surface area contributed by atoms with Crippen LogP contribution in [0.25, 0.3) is 10.9 Å². The standard InChI is InChI=1S/C14H17N3O2/c1-9-3-2-4-11-13(9)15-12(16-14(11)19)7-17-5-10(6-17)8-18/h2-4,10,18H,5-8H2,1H3,(H,15,16,19). The zero-order chi connectivity index (χ0) is 13.4. The molecular formula is C14H17N3O2. The van der Waals surface area contributed by atoms with Crippen LogP contribution in [0.1, 0.15) is 11.4 Å². The van der Waals surface area contributed by atoms with Gasteiger partial charge in [0.2, 0.25) is 0 Å². The van der Waals surface area contributed by atoms with Crippen LogP contribution in [-0.2, 0) is 6.54 Å². The molecule has 5 nitrogen and oxygen atoms in total. The van der Waals surface area contributed by atoms with Crippen LogP contribution in [0, 0.1) is 12.8 Å². The smallest absolute Gasteiger partial charge is 0.258 e. The minimum absolute atomic E-state index is 0.0806. The Hall–Kier alpha value is -1.72. The van der Waals surface area contributed by atoms with E-state index in [-0.39, 0.29) is 12.2 Å². The van der Waals surface area contributed by atoms with Gasteiger partial charge in [-0.15, -0.1) is 0 Å². The lowest BCUT2D eigenvalue weighted by molar-refractivity contribution is 0.0460. The van der Waals surface area contributed by atoms with Crippen molar-refractivity contribution in [3.8, 4) is 0 Å². The maximum atomic E-state index is 12.0. The summed E-state index contributed by atoms with van der Waals surface area (Å²) in [7, 11) is 0. The number of aliphatic hydroxyl groups is 1. The quantitative estimate of drug-likeness (QED) is 0.849. The van der Waals surface area contributed by atoms with Gasteiger partial charge < -0.3 is 10.1 Å². The van der Waals surface area contributed by atoms with Gasteiger partial charge in [-0.1, -0.05) is 12.1 Å². The Bertz CT molecular complexity index is 659. The molecule has 2 aromatic rings. The van der Waals surface area contributed by atoms with Crippen LogP contribution in [-0.4, -0.2) is 39.7 Å². The van der Waals surface area contributed by atoms with Crippen molar-refractivity contribution in [2.24, 2.45) is 5.92 Å². The minimum Gasteiger partial charge on any atom is -0.396 e. The number of aromatic nitrogens is 2. The molecule has 100 valence electrons. The fourth-order valence-electron chi connectivity index (χ4n) is 2.56. The normalized spacial score (nSPS) is 16.7. The molecule has 1 saturated heterocycles. The highest BCUT2D eigenvalue weighted by Gasteiger charge is 2.26. The SMILES string of the molecule is Cc1cccc2c(=O)[nH]c(CN3CC(CO)C3)nc12. The van der Waals surface area contributed by atoms with Gasteiger partial charge in [0.15, 0.2) is 0 Å². The van der Waals surface area contributed by atoms with Crippen LogP contribution in [0.2, 0.25) is 0 Å². The van der Waals surface area contributed by atoms with Gasteiger partial charge in [-0.05, 0) is 18.6 Å². The number of para-hydroxylation sites is 1. The molecule has 0 amide bonds. The Morgan fingerprint density at radius 3 is 3.00 bits per heavy atom. The predicted molar refractivity (Wildman–Crippen MR) is 73.0 cm³/mol. The van der Waals surface area contributed by atoms with E-state index in [1.807, 2.05) is 19.1 Å². The number of fused-ring (bicyclic) bond motifs is 1. The van der Waals surface area contributed by atoms with E-state index in [9.17, 15) is 4.79 Å². The Labute approximate surface area is 110 Å². The molecular weight excluding hydrogens is 242 g/mol. The summed E-state index contributed by atoms with van der Waals surface area (Å²) in [4.78, 5) is 21.6. The summed E-state index contributed by atoms with van der Waals surface area (Å²) in [5.41, 5.74) is 1.71. The van der Waals surface area contributed by atoms with Crippen molar-refractivity contribution >= 4 is 10.9 Å². The third-order valence-electron chi connectivity index (χ3n) is 3.65. The molecule has 1 aliphatic rings. The van der Waals surface area contributed by atoms with Gasteiger partial charge in [0.1, 0.15) is 5.82 Å². The Kier molecular flexibility index (Phi) is 3.08. The summed E-state index contributed by atoms with van der Waals surface area (Å²) >= 11 is 0. The van der Waals surface area contributed by atoms with E-state index in [1.54, 1.807) is 6.07 Å². The number of nitrogens with one attached hydrogen (secondary N) is 1. The predicted octanol–water partition coefficient (Wildman–Crippen LogP) is 0.656. The van der Waals surface area contributed by atoms with E-state index in [4.69, 9.17) is 5.11 Å². The van der Waals surface area contributed by atoms with Gasteiger partial charge in [0.25, 0.3) is 5.56 Å². The van der Waals surface area contributed by atoms with E-state index in [2.05, 4.69) is 14.9 Å². The van der Waals surface area contributed by atoms with Gasteiger partial charge in [-0.2, -0.15) is 0 Å².